The van der Waals surface area contributed by atoms with E-state index in [-0.39, 0.29) is 48.4 Å². The lowest BCUT2D eigenvalue weighted by Gasteiger charge is -2.62. The van der Waals surface area contributed by atoms with Crippen molar-refractivity contribution in [2.45, 2.75) is 89.8 Å². The molecule has 0 aromatic heterocycles. The fraction of sp³-hybridized carbons (Fsp3) is 0.574. The SMILES string of the molecule is COc1c(CN2O[C@@H](CO)[C@@H]([C@H](C)O)[C@H]2C(=O)N[C@H]2C[C@H]3C[C@@H]([C@@H]2C)C3(C)C)cccc1-c1cc(C(=O)N[C@@H](CC2CNc3ccccc32)CN(C)C)cc(N(C)C)c1. The van der Waals surface area contributed by atoms with Gasteiger partial charge in [0, 0.05) is 79.2 Å². The highest BCUT2D eigenvalue weighted by Crippen LogP contribution is 2.61. The van der Waals surface area contributed by atoms with Crippen LogP contribution in [-0.4, -0.2) is 117 Å². The number of carbonyl (C=O) groups is 2. The largest absolute Gasteiger partial charge is 0.496 e. The second-order valence-corrected chi connectivity index (χ2v) is 18.7. The molecule has 2 aliphatic heterocycles. The maximum atomic E-state index is 14.3. The number of aliphatic hydroxyl groups is 2. The number of aliphatic hydroxyl groups excluding tert-OH is 2. The molecule has 0 radical (unpaired) electrons. The first-order chi connectivity index (χ1) is 28.1. The van der Waals surface area contributed by atoms with E-state index < -0.39 is 24.2 Å². The number of benzene rings is 3. The lowest BCUT2D eigenvalue weighted by atomic mass is 9.45. The molecule has 4 fully saturated rings. The van der Waals surface area contributed by atoms with Gasteiger partial charge in [-0.2, -0.15) is 5.06 Å². The van der Waals surface area contributed by atoms with E-state index in [1.807, 2.05) is 75.6 Å². The average Bonchev–Trinajstić information content (AvgIpc) is 3.79. The van der Waals surface area contributed by atoms with Gasteiger partial charge in [-0.25, -0.2) is 0 Å². The summed E-state index contributed by atoms with van der Waals surface area (Å²) in [6.07, 6.45) is 1.26. The second kappa shape index (κ2) is 17.4. The number of para-hydroxylation sites is 2. The third-order valence-electron chi connectivity index (χ3n) is 14.1. The lowest BCUT2D eigenvalue weighted by molar-refractivity contribution is -0.183. The standard InChI is InChI=1S/C47H66N6O6/c1-27-38-21-33(47(38,3)4)22-40(27)50-46(57)43-42(28(2)55)41(26-54)59-53(43)24-29-13-12-15-37(44(29)58-9)30-17-31(20-35(19-30)52(7)8)45(56)49-34(25-51(5)6)18-32-23-48-39-16-11-10-14-36(32)39/h10-17,19-20,27-28,32-34,38,40-43,48,54-55H,18,21-26H2,1-9H3,(H,49,56)(H,50,57)/t27-,28-,32?,33+,34-,38-,40-,41-,42+,43-/m0/s1. The first-order valence-corrected chi connectivity index (χ1v) is 21.4. The normalized spacial score (nSPS) is 27.9. The van der Waals surface area contributed by atoms with Crippen LogP contribution in [0.15, 0.2) is 60.7 Å². The molecule has 5 aliphatic rings. The molecule has 3 aromatic rings. The van der Waals surface area contributed by atoms with Gasteiger partial charge >= 0.3 is 0 Å². The molecule has 3 aromatic carbocycles. The molecule has 1 unspecified atom stereocenters. The fourth-order valence-electron chi connectivity index (χ4n) is 10.8. The number of amides is 2. The van der Waals surface area contributed by atoms with Crippen molar-refractivity contribution in [3.05, 3.63) is 77.4 Å². The predicted molar refractivity (Wildman–Crippen MR) is 232 cm³/mol. The number of methoxy groups -OCH3 is 1. The van der Waals surface area contributed by atoms with E-state index in [1.165, 1.54) is 12.0 Å². The highest BCUT2D eigenvalue weighted by Gasteiger charge is 2.57. The molecule has 8 rings (SSSR count). The quantitative estimate of drug-likeness (QED) is 0.137. The van der Waals surface area contributed by atoms with Crippen LogP contribution in [0.2, 0.25) is 0 Å². The van der Waals surface area contributed by atoms with Gasteiger partial charge in [-0.05, 0) is 98.8 Å². The van der Waals surface area contributed by atoms with Gasteiger partial charge in [-0.15, -0.1) is 0 Å². The smallest absolute Gasteiger partial charge is 0.251 e. The molecular weight excluding hydrogens is 745 g/mol. The van der Waals surface area contributed by atoms with Crippen LogP contribution < -0.4 is 25.6 Å². The van der Waals surface area contributed by atoms with Crippen LogP contribution in [0.3, 0.4) is 0 Å². The Kier molecular flexibility index (Phi) is 12.7. The summed E-state index contributed by atoms with van der Waals surface area (Å²) < 4.78 is 6.14. The minimum Gasteiger partial charge on any atom is -0.496 e. The van der Waals surface area contributed by atoms with Gasteiger partial charge in [0.2, 0.25) is 5.91 Å². The minimum atomic E-state index is -0.904. The first kappa shape index (κ1) is 42.9. The Hall–Kier alpha value is -4.20. The summed E-state index contributed by atoms with van der Waals surface area (Å²) in [5.41, 5.74) is 6.47. The molecular formula is C47H66N6O6. The molecule has 5 N–H and O–H groups in total. The number of nitrogens with zero attached hydrogens (tertiary/aromatic N) is 3. The van der Waals surface area contributed by atoms with E-state index in [9.17, 15) is 19.8 Å². The molecule has 3 aliphatic carbocycles. The van der Waals surface area contributed by atoms with E-state index in [4.69, 9.17) is 9.57 Å². The average molecular weight is 811 g/mol. The van der Waals surface area contributed by atoms with Crippen LogP contribution in [0.4, 0.5) is 11.4 Å². The van der Waals surface area contributed by atoms with E-state index in [2.05, 4.69) is 59.8 Å². The van der Waals surface area contributed by atoms with Crippen LogP contribution in [0.5, 0.6) is 5.75 Å². The van der Waals surface area contributed by atoms with Gasteiger partial charge < -0.3 is 40.7 Å². The van der Waals surface area contributed by atoms with Crippen LogP contribution >= 0.6 is 0 Å². The Labute approximate surface area is 350 Å². The number of hydrogen-bond acceptors (Lipinski definition) is 10. The highest BCUT2D eigenvalue weighted by molar-refractivity contribution is 5.97. The predicted octanol–water partition coefficient (Wildman–Crippen LogP) is 5.35. The van der Waals surface area contributed by atoms with Gasteiger partial charge in [0.25, 0.3) is 5.91 Å². The molecule has 2 amide bonds. The van der Waals surface area contributed by atoms with Crippen molar-refractivity contribution in [2.75, 3.05) is 65.2 Å². The number of carbonyl (C=O) groups excluding carboxylic acids is 2. The Bertz CT molecular complexity index is 1990. The summed E-state index contributed by atoms with van der Waals surface area (Å²) >= 11 is 0. The number of fused-ring (bicyclic) bond motifs is 3. The zero-order valence-electron chi connectivity index (χ0n) is 36.4. The molecule has 1 saturated heterocycles. The van der Waals surface area contributed by atoms with Crippen molar-refractivity contribution in [3.63, 3.8) is 0 Å². The van der Waals surface area contributed by atoms with Gasteiger partial charge in [0.05, 0.1) is 26.4 Å². The third-order valence-corrected chi connectivity index (χ3v) is 14.1. The summed E-state index contributed by atoms with van der Waals surface area (Å²) in [7, 11) is 9.59. The lowest BCUT2D eigenvalue weighted by Crippen LogP contribution is -2.62. The van der Waals surface area contributed by atoms with Crippen molar-refractivity contribution in [1.82, 2.24) is 20.6 Å². The highest BCUT2D eigenvalue weighted by atomic mass is 16.7. The van der Waals surface area contributed by atoms with Crippen molar-refractivity contribution >= 4 is 23.2 Å². The number of rotatable bonds is 15. The summed E-state index contributed by atoms with van der Waals surface area (Å²) in [6.45, 7) is 9.94. The molecule has 320 valence electrons. The Morgan fingerprint density at radius 3 is 2.49 bits per heavy atom. The molecule has 3 saturated carbocycles. The summed E-state index contributed by atoms with van der Waals surface area (Å²) in [4.78, 5) is 39.0. The van der Waals surface area contributed by atoms with Crippen molar-refractivity contribution in [2.24, 2.45) is 29.1 Å². The number of hydrogen-bond donors (Lipinski definition) is 5. The Balaban J connectivity index is 1.15. The van der Waals surface area contributed by atoms with Crippen LogP contribution in [-0.2, 0) is 16.2 Å². The molecule has 0 spiro atoms. The third kappa shape index (κ3) is 8.57. The first-order valence-electron chi connectivity index (χ1n) is 21.4. The molecule has 12 heteroatoms. The second-order valence-electron chi connectivity index (χ2n) is 18.7. The number of anilines is 2. The van der Waals surface area contributed by atoms with Crippen LogP contribution in [0.1, 0.15) is 74.4 Å². The molecule has 2 bridgehead atoms. The zero-order valence-corrected chi connectivity index (χ0v) is 36.4. The van der Waals surface area contributed by atoms with Gasteiger partial charge in [-0.3, -0.25) is 14.4 Å². The fourth-order valence-corrected chi connectivity index (χ4v) is 10.8. The number of nitrogens with one attached hydrogen (secondary N) is 3. The van der Waals surface area contributed by atoms with E-state index in [0.29, 0.717) is 35.6 Å². The van der Waals surface area contributed by atoms with Crippen LogP contribution in [0.25, 0.3) is 11.1 Å². The van der Waals surface area contributed by atoms with Crippen LogP contribution in [0, 0.1) is 29.1 Å². The molecule has 2 heterocycles. The van der Waals surface area contributed by atoms with Gasteiger partial charge in [0.1, 0.15) is 17.9 Å². The van der Waals surface area contributed by atoms with E-state index >= 15 is 0 Å². The maximum Gasteiger partial charge on any atom is 0.251 e. The minimum absolute atomic E-state index is 0.0341. The van der Waals surface area contributed by atoms with Crippen molar-refractivity contribution < 1.29 is 29.4 Å². The number of likely N-dealkylation sites (N-methyl/N-ethyl adjacent to an activating group) is 1. The molecule has 59 heavy (non-hydrogen) atoms. The van der Waals surface area contributed by atoms with E-state index in [1.54, 1.807) is 19.1 Å². The monoisotopic (exact) mass is 811 g/mol. The van der Waals surface area contributed by atoms with Crippen molar-refractivity contribution in [1.29, 1.82) is 0 Å². The van der Waals surface area contributed by atoms with Gasteiger partial charge in [0.15, 0.2) is 0 Å². The van der Waals surface area contributed by atoms with Crippen molar-refractivity contribution in [3.8, 4) is 16.9 Å². The molecule has 10 atom stereocenters. The Morgan fingerprint density at radius 1 is 1.07 bits per heavy atom. The number of hydroxylamine groups is 2. The summed E-state index contributed by atoms with van der Waals surface area (Å²) in [5, 5.41) is 33.3. The maximum absolute atomic E-state index is 14.3. The summed E-state index contributed by atoms with van der Waals surface area (Å²) in [5.74, 6) is 1.32. The van der Waals surface area contributed by atoms with Gasteiger partial charge in [-0.1, -0.05) is 57.2 Å². The molecule has 12 nitrogen and oxygen atoms in total. The Morgan fingerprint density at radius 2 is 1.83 bits per heavy atom. The topological polar surface area (TPSA) is 139 Å². The zero-order chi connectivity index (χ0) is 42.3. The van der Waals surface area contributed by atoms with E-state index in [0.717, 1.165) is 47.5 Å². The summed E-state index contributed by atoms with van der Waals surface area (Å²) in [6, 6.07) is 19.2. The number of ether oxygens (including phenoxy) is 1.